The summed E-state index contributed by atoms with van der Waals surface area (Å²) in [6, 6.07) is 5.39. The smallest absolute Gasteiger partial charge is 0.184 e. The molecule has 3 rings (SSSR count). The third-order valence-electron chi connectivity index (χ3n) is 5.46. The molecule has 1 heterocycles. The Kier molecular flexibility index (Phi) is 3.03. The van der Waals surface area contributed by atoms with Crippen LogP contribution < -0.4 is 5.73 Å². The van der Waals surface area contributed by atoms with Crippen molar-refractivity contribution in [1.29, 1.82) is 0 Å². The van der Waals surface area contributed by atoms with Gasteiger partial charge in [-0.3, -0.25) is 0 Å². The van der Waals surface area contributed by atoms with Crippen LogP contribution in [0.1, 0.15) is 27.7 Å². The summed E-state index contributed by atoms with van der Waals surface area (Å²) in [6.45, 7) is 9.96. The molecule has 0 spiro atoms. The molecule has 1 aromatic heterocycles. The van der Waals surface area contributed by atoms with Gasteiger partial charge in [-0.15, -0.1) is 5.10 Å². The molecular weight excluding hydrogens is 286 g/mol. The normalized spacial score (nSPS) is 19.7. The zero-order valence-corrected chi connectivity index (χ0v) is 13.5. The minimum atomic E-state index is 0.293. The number of benzene rings is 1. The van der Waals surface area contributed by atoms with Crippen LogP contribution in [0.15, 0.2) is 18.2 Å². The minimum Gasteiger partial charge on any atom is -0.398 e. The number of anilines is 1. The van der Waals surface area contributed by atoms with Crippen LogP contribution in [0.5, 0.6) is 0 Å². The highest BCUT2D eigenvalue weighted by Crippen LogP contribution is 2.68. The van der Waals surface area contributed by atoms with Crippen LogP contribution in [-0.2, 0) is 6.54 Å². The molecule has 21 heavy (non-hydrogen) atoms. The molecule has 0 unspecified atom stereocenters. The summed E-state index contributed by atoms with van der Waals surface area (Å²) in [6.07, 6.45) is 0. The van der Waals surface area contributed by atoms with E-state index in [4.69, 9.17) is 17.3 Å². The molecule has 0 saturated heterocycles. The summed E-state index contributed by atoms with van der Waals surface area (Å²) < 4.78 is 1.85. The highest BCUT2D eigenvalue weighted by molar-refractivity contribution is 6.31. The lowest BCUT2D eigenvalue weighted by atomic mass is 10.0. The summed E-state index contributed by atoms with van der Waals surface area (Å²) in [4.78, 5) is 0. The predicted molar refractivity (Wildman–Crippen MR) is 83.7 cm³/mol. The molecule has 1 aliphatic carbocycles. The van der Waals surface area contributed by atoms with E-state index < -0.39 is 0 Å². The van der Waals surface area contributed by atoms with Gasteiger partial charge in [0.05, 0.1) is 0 Å². The number of nitrogens with two attached hydrogens (primary N) is 1. The van der Waals surface area contributed by atoms with Crippen LogP contribution in [-0.4, -0.2) is 20.2 Å². The zero-order valence-electron chi connectivity index (χ0n) is 12.8. The van der Waals surface area contributed by atoms with Gasteiger partial charge in [0.1, 0.15) is 0 Å². The number of nitrogen functional groups attached to an aromatic ring is 1. The van der Waals surface area contributed by atoms with Crippen LogP contribution in [0, 0.1) is 16.7 Å². The Bertz CT molecular complexity index is 675. The topological polar surface area (TPSA) is 69.6 Å². The highest BCUT2D eigenvalue weighted by atomic mass is 35.5. The number of halogens is 1. The maximum absolute atomic E-state index is 6.04. The summed E-state index contributed by atoms with van der Waals surface area (Å²) in [5.74, 6) is 1.24. The van der Waals surface area contributed by atoms with E-state index in [1.807, 2.05) is 10.7 Å². The van der Waals surface area contributed by atoms with Crippen molar-refractivity contribution in [3.63, 3.8) is 0 Å². The van der Waals surface area contributed by atoms with Crippen LogP contribution in [0.3, 0.4) is 0 Å². The molecule has 0 aliphatic heterocycles. The van der Waals surface area contributed by atoms with Gasteiger partial charge in [-0.1, -0.05) is 39.3 Å². The van der Waals surface area contributed by atoms with Crippen LogP contribution in [0.25, 0.3) is 11.4 Å². The molecule has 1 fully saturated rings. The van der Waals surface area contributed by atoms with Crippen molar-refractivity contribution >= 4 is 17.3 Å². The Morgan fingerprint density at radius 1 is 1.24 bits per heavy atom. The van der Waals surface area contributed by atoms with Gasteiger partial charge in [-0.25, -0.2) is 4.68 Å². The largest absolute Gasteiger partial charge is 0.398 e. The molecule has 112 valence electrons. The Morgan fingerprint density at radius 2 is 1.90 bits per heavy atom. The molecule has 5 nitrogen and oxygen atoms in total. The summed E-state index contributed by atoms with van der Waals surface area (Å²) in [7, 11) is 0. The highest BCUT2D eigenvalue weighted by Gasteiger charge is 2.64. The van der Waals surface area contributed by atoms with Crippen molar-refractivity contribution in [2.24, 2.45) is 16.7 Å². The molecule has 2 aromatic rings. The molecular formula is C15H20ClN5. The van der Waals surface area contributed by atoms with E-state index in [2.05, 4.69) is 43.2 Å². The van der Waals surface area contributed by atoms with Gasteiger partial charge in [0.15, 0.2) is 5.82 Å². The van der Waals surface area contributed by atoms with Gasteiger partial charge in [-0.05, 0) is 45.4 Å². The first-order chi connectivity index (χ1) is 9.75. The number of aromatic nitrogens is 4. The van der Waals surface area contributed by atoms with Gasteiger partial charge in [0, 0.05) is 22.8 Å². The molecule has 0 bridgehead atoms. The van der Waals surface area contributed by atoms with Gasteiger partial charge >= 0.3 is 0 Å². The fourth-order valence-electron chi connectivity index (χ4n) is 3.22. The van der Waals surface area contributed by atoms with Gasteiger partial charge in [0.2, 0.25) is 0 Å². The summed E-state index contributed by atoms with van der Waals surface area (Å²) in [5, 5.41) is 12.7. The van der Waals surface area contributed by atoms with Gasteiger partial charge in [-0.2, -0.15) is 0 Å². The number of nitrogens with zero attached hydrogens (tertiary/aromatic N) is 4. The van der Waals surface area contributed by atoms with Crippen molar-refractivity contribution in [3.05, 3.63) is 23.2 Å². The molecule has 1 saturated carbocycles. The average molecular weight is 306 g/mol. The Hall–Kier alpha value is -1.62. The first kappa shape index (κ1) is 14.3. The van der Waals surface area contributed by atoms with Crippen molar-refractivity contribution in [2.45, 2.75) is 34.2 Å². The monoisotopic (exact) mass is 305 g/mol. The molecule has 1 aromatic carbocycles. The second-order valence-corrected chi connectivity index (χ2v) is 7.35. The molecule has 1 aliphatic rings. The van der Waals surface area contributed by atoms with E-state index in [1.54, 1.807) is 12.1 Å². The summed E-state index contributed by atoms with van der Waals surface area (Å²) in [5.41, 5.74) is 8.04. The Balaban J connectivity index is 1.92. The maximum atomic E-state index is 6.04. The van der Waals surface area contributed by atoms with Gasteiger partial charge in [0.25, 0.3) is 0 Å². The zero-order chi connectivity index (χ0) is 15.4. The summed E-state index contributed by atoms with van der Waals surface area (Å²) >= 11 is 5.95. The van der Waals surface area contributed by atoms with Crippen LogP contribution >= 0.6 is 11.6 Å². The van der Waals surface area contributed by atoms with Crippen molar-refractivity contribution in [3.8, 4) is 11.4 Å². The van der Waals surface area contributed by atoms with Gasteiger partial charge < -0.3 is 5.73 Å². The van der Waals surface area contributed by atoms with Crippen molar-refractivity contribution < 1.29 is 0 Å². The SMILES string of the molecule is CC1(C)C(Cn2nnnc2-c2ccc(Cl)cc2N)C1(C)C. The number of hydrogen-bond donors (Lipinski definition) is 1. The average Bonchev–Trinajstić information content (AvgIpc) is 2.73. The van der Waals surface area contributed by atoms with E-state index in [0.717, 1.165) is 12.1 Å². The molecule has 0 amide bonds. The predicted octanol–water partition coefficient (Wildman–Crippen LogP) is 3.26. The van der Waals surface area contributed by atoms with E-state index >= 15 is 0 Å². The molecule has 0 radical (unpaired) electrons. The third kappa shape index (κ3) is 2.11. The van der Waals surface area contributed by atoms with E-state index in [0.29, 0.717) is 33.3 Å². The lowest BCUT2D eigenvalue weighted by Gasteiger charge is -2.08. The lowest BCUT2D eigenvalue weighted by molar-refractivity contribution is 0.457. The number of rotatable bonds is 3. The van der Waals surface area contributed by atoms with E-state index in [-0.39, 0.29) is 0 Å². The molecule has 2 N–H and O–H groups in total. The van der Waals surface area contributed by atoms with Crippen LogP contribution in [0.4, 0.5) is 5.69 Å². The number of hydrogen-bond acceptors (Lipinski definition) is 4. The first-order valence-electron chi connectivity index (χ1n) is 7.06. The van der Waals surface area contributed by atoms with E-state index in [9.17, 15) is 0 Å². The standard InChI is InChI=1S/C15H20ClN5/c1-14(2)12(15(14,3)4)8-21-13(18-19-20-21)10-6-5-9(16)7-11(10)17/h5-7,12H,8,17H2,1-4H3. The first-order valence-corrected chi connectivity index (χ1v) is 7.44. The Labute approximate surface area is 129 Å². The fraction of sp³-hybridized carbons (Fsp3) is 0.533. The van der Waals surface area contributed by atoms with Crippen LogP contribution in [0.2, 0.25) is 5.02 Å². The lowest BCUT2D eigenvalue weighted by Crippen LogP contribution is -2.09. The molecule has 0 atom stereocenters. The second kappa shape index (κ2) is 4.44. The molecule has 6 heteroatoms. The second-order valence-electron chi connectivity index (χ2n) is 6.91. The Morgan fingerprint density at radius 3 is 2.48 bits per heavy atom. The fourth-order valence-corrected chi connectivity index (χ4v) is 3.40. The van der Waals surface area contributed by atoms with Crippen molar-refractivity contribution in [1.82, 2.24) is 20.2 Å². The quantitative estimate of drug-likeness (QED) is 0.884. The third-order valence-corrected chi connectivity index (χ3v) is 5.70. The van der Waals surface area contributed by atoms with E-state index in [1.165, 1.54) is 0 Å². The maximum Gasteiger partial charge on any atom is 0.184 e. The van der Waals surface area contributed by atoms with Crippen molar-refractivity contribution in [2.75, 3.05) is 5.73 Å². The minimum absolute atomic E-state index is 0.293. The number of tetrazole rings is 1.